The highest BCUT2D eigenvalue weighted by Gasteiger charge is 2.34. The molecule has 3 amide bonds. The lowest BCUT2D eigenvalue weighted by molar-refractivity contribution is -0.120. The number of benzene rings is 1. The number of primary amides is 1. The molecule has 13 heteroatoms. The van der Waals surface area contributed by atoms with Crippen LogP contribution in [0.3, 0.4) is 0 Å². The van der Waals surface area contributed by atoms with Gasteiger partial charge in [0.15, 0.2) is 6.10 Å². The van der Waals surface area contributed by atoms with Crippen molar-refractivity contribution >= 4 is 35.2 Å². The maximum Gasteiger partial charge on any atom is 0.405 e. The number of Topliss-reactive ketones (excluding diaryl/α,β-unsaturated/α-hetero) is 1. The van der Waals surface area contributed by atoms with E-state index >= 15 is 0 Å². The average Bonchev–Trinajstić information content (AvgIpc) is 3.10. The van der Waals surface area contributed by atoms with Crippen molar-refractivity contribution < 1.29 is 43.0 Å². The van der Waals surface area contributed by atoms with Crippen LogP contribution in [0.5, 0.6) is 0 Å². The lowest BCUT2D eigenvalue weighted by atomic mass is 9.85. The number of allylic oxidation sites excluding steroid dienone is 5. The van der Waals surface area contributed by atoms with Crippen LogP contribution >= 0.6 is 0 Å². The third-order valence-electron chi connectivity index (χ3n) is 8.26. The summed E-state index contributed by atoms with van der Waals surface area (Å²) in [6.07, 6.45) is 5.86. The predicted octanol–water partition coefficient (Wildman–Crippen LogP) is 4.39. The predicted molar refractivity (Wildman–Crippen MR) is 191 cm³/mol. The quantitative estimate of drug-likeness (QED) is 0.153. The van der Waals surface area contributed by atoms with Gasteiger partial charge in [0.1, 0.15) is 12.7 Å². The van der Waals surface area contributed by atoms with Gasteiger partial charge in [-0.15, -0.1) is 0 Å². The Morgan fingerprint density at radius 2 is 1.80 bits per heavy atom. The van der Waals surface area contributed by atoms with Gasteiger partial charge in [-0.1, -0.05) is 74.2 Å². The Bertz CT molecular complexity index is 1690. The molecule has 0 saturated carbocycles. The van der Waals surface area contributed by atoms with Crippen molar-refractivity contribution in [1.82, 2.24) is 10.6 Å². The van der Waals surface area contributed by atoms with E-state index in [9.17, 15) is 24.0 Å². The Morgan fingerprint density at radius 1 is 1.10 bits per heavy atom. The fourth-order valence-corrected chi connectivity index (χ4v) is 5.66. The molecule has 272 valence electrons. The van der Waals surface area contributed by atoms with E-state index in [-0.39, 0.29) is 41.5 Å². The van der Waals surface area contributed by atoms with Crippen LogP contribution in [0.1, 0.15) is 50.9 Å². The molecule has 1 unspecified atom stereocenters. The third-order valence-corrected chi connectivity index (χ3v) is 8.26. The Kier molecular flexibility index (Phi) is 15.0. The first-order chi connectivity index (χ1) is 24.3. The van der Waals surface area contributed by atoms with Gasteiger partial charge in [0.05, 0.1) is 23.2 Å². The number of carbonyl (C=O) groups excluding carboxylic acids is 5. The number of nitrogens with one attached hydrogen (secondary N) is 2. The van der Waals surface area contributed by atoms with Gasteiger partial charge in [-0.2, -0.15) is 0 Å². The van der Waals surface area contributed by atoms with Crippen molar-refractivity contribution in [1.29, 1.82) is 0 Å². The van der Waals surface area contributed by atoms with Gasteiger partial charge in [-0.25, -0.2) is 4.79 Å². The minimum atomic E-state index is -1.01. The third kappa shape index (κ3) is 11.0. The Balaban J connectivity index is 2.18. The van der Waals surface area contributed by atoms with Gasteiger partial charge in [0.25, 0.3) is 11.8 Å². The highest BCUT2D eigenvalue weighted by Crippen LogP contribution is 2.28. The number of hydrogen-bond acceptors (Lipinski definition) is 10. The molecule has 0 spiro atoms. The van der Waals surface area contributed by atoms with Crippen LogP contribution in [0.2, 0.25) is 0 Å². The van der Waals surface area contributed by atoms with Crippen LogP contribution in [0, 0.1) is 11.8 Å². The van der Waals surface area contributed by atoms with Crippen LogP contribution in [0.15, 0.2) is 107 Å². The molecule has 51 heavy (non-hydrogen) atoms. The maximum absolute atomic E-state index is 14.0. The molecular formula is C38H46N4O9. The molecule has 1 aromatic rings. The largest absolute Gasteiger partial charge is 0.439 e. The molecule has 1 aliphatic carbocycles. The van der Waals surface area contributed by atoms with Crippen LogP contribution < -0.4 is 16.4 Å². The second-order valence-electron chi connectivity index (χ2n) is 12.2. The lowest BCUT2D eigenvalue weighted by Crippen LogP contribution is -2.38. The highest BCUT2D eigenvalue weighted by molar-refractivity contribution is 6.24. The van der Waals surface area contributed by atoms with E-state index in [0.29, 0.717) is 23.3 Å². The first-order valence-electron chi connectivity index (χ1n) is 16.4. The number of ether oxygens (including phenoxy) is 3. The van der Waals surface area contributed by atoms with Gasteiger partial charge in [-0.3, -0.25) is 19.2 Å². The van der Waals surface area contributed by atoms with Crippen LogP contribution in [-0.2, 0) is 33.4 Å². The van der Waals surface area contributed by atoms with Gasteiger partial charge in [0, 0.05) is 42.9 Å². The number of ketones is 2. The van der Waals surface area contributed by atoms with Crippen molar-refractivity contribution in [3.63, 3.8) is 0 Å². The summed E-state index contributed by atoms with van der Waals surface area (Å²) < 4.78 is 17.0. The van der Waals surface area contributed by atoms with Crippen molar-refractivity contribution in [3.05, 3.63) is 107 Å². The van der Waals surface area contributed by atoms with E-state index in [4.69, 9.17) is 24.8 Å². The van der Waals surface area contributed by atoms with Crippen LogP contribution in [-0.4, -0.2) is 74.3 Å². The number of nitrogens with zero attached hydrogens (tertiary/aromatic N) is 1. The number of fused-ring (bicyclic) bond motifs is 2. The molecule has 0 saturated heterocycles. The zero-order valence-electron chi connectivity index (χ0n) is 29.8. The number of oxime groups is 1. The molecule has 5 atom stereocenters. The molecule has 2 bridgehead atoms. The van der Waals surface area contributed by atoms with Crippen LogP contribution in [0.4, 0.5) is 4.79 Å². The van der Waals surface area contributed by atoms with Crippen molar-refractivity contribution in [2.45, 2.75) is 58.8 Å². The molecule has 3 rings (SSSR count). The molecule has 0 aromatic heterocycles. The smallest absolute Gasteiger partial charge is 0.405 e. The molecule has 2 aliphatic rings. The SMILES string of the molecule is C=CCO/N=C1\C(C)/C=C(\C)[C@H](OC(N)=O)[C@@H](OC)/C=C\C=C(/C)C(=O)NC2=CC(=O)C(NC(=O)c3ccccc3)=C(C[C@@H](C)C[C@@H]1OC)C2=O. The van der Waals surface area contributed by atoms with Crippen molar-refractivity contribution in [2.75, 3.05) is 20.8 Å². The number of methoxy groups -OCH3 is 2. The molecule has 4 N–H and O–H groups in total. The number of nitrogens with two attached hydrogens (primary N) is 1. The molecule has 1 heterocycles. The summed E-state index contributed by atoms with van der Waals surface area (Å²) in [5.41, 5.74) is 6.61. The van der Waals surface area contributed by atoms with Crippen LogP contribution in [0.25, 0.3) is 0 Å². The number of amides is 3. The van der Waals surface area contributed by atoms with Gasteiger partial charge in [0.2, 0.25) is 11.6 Å². The molecule has 1 aliphatic heterocycles. The lowest BCUT2D eigenvalue weighted by Gasteiger charge is -2.27. The second-order valence-corrected chi connectivity index (χ2v) is 12.2. The Morgan fingerprint density at radius 3 is 2.43 bits per heavy atom. The summed E-state index contributed by atoms with van der Waals surface area (Å²) in [4.78, 5) is 71.4. The summed E-state index contributed by atoms with van der Waals surface area (Å²) in [5.74, 6) is -3.25. The van der Waals surface area contributed by atoms with Gasteiger partial charge < -0.3 is 35.4 Å². The summed E-state index contributed by atoms with van der Waals surface area (Å²) >= 11 is 0. The number of carbonyl (C=O) groups is 5. The topological polar surface area (TPSA) is 185 Å². The molecule has 0 fully saturated rings. The normalized spacial score (nSPS) is 27.3. The Hall–Kier alpha value is -5.40. The second kappa shape index (κ2) is 19.1. The first-order valence-corrected chi connectivity index (χ1v) is 16.4. The Labute approximate surface area is 298 Å². The van der Waals surface area contributed by atoms with Gasteiger partial charge >= 0.3 is 6.09 Å². The molecule has 0 radical (unpaired) electrons. The zero-order chi connectivity index (χ0) is 37.7. The standard InChI is InChI=1S/C38H46N4O9/c1-8-17-50-42-32-24(4)20-25(5)35(51-38(39)47)30(48-6)16-12-13-23(3)36(45)40-28-21-29(43)33(41-37(46)26-14-10-9-11-15-26)27(34(28)44)18-22(2)19-31(32)49-7/h8-16,20-22,24,30-31,35H,1,17-19H2,2-7H3,(H2,39,47)(H,40,45)(H,41,46)/b16-12-,23-13+,25-20+,42-32+/t22-,24?,30+,31+,35+/m1/s1. The zero-order valence-corrected chi connectivity index (χ0v) is 29.8. The van der Waals surface area contributed by atoms with Gasteiger partial charge in [-0.05, 0) is 50.3 Å². The highest BCUT2D eigenvalue weighted by atomic mass is 16.6. The van der Waals surface area contributed by atoms with Crippen molar-refractivity contribution in [3.8, 4) is 0 Å². The van der Waals surface area contributed by atoms with E-state index < -0.39 is 53.7 Å². The monoisotopic (exact) mass is 702 g/mol. The minimum Gasteiger partial charge on any atom is -0.439 e. The fraction of sp³-hybridized carbons (Fsp3) is 0.368. The minimum absolute atomic E-state index is 0.0310. The van der Waals surface area contributed by atoms with E-state index in [1.54, 1.807) is 49.4 Å². The van der Waals surface area contributed by atoms with E-state index in [0.717, 1.165) is 6.08 Å². The fourth-order valence-electron chi connectivity index (χ4n) is 5.66. The summed E-state index contributed by atoms with van der Waals surface area (Å²) in [6.45, 7) is 10.8. The van der Waals surface area contributed by atoms with E-state index in [1.807, 2.05) is 19.9 Å². The summed E-state index contributed by atoms with van der Waals surface area (Å²) in [7, 11) is 2.94. The first kappa shape index (κ1) is 40.0. The number of hydrogen-bond donors (Lipinski definition) is 3. The number of rotatable bonds is 8. The summed E-state index contributed by atoms with van der Waals surface area (Å²) in [6, 6.07) is 8.28. The molecule has 13 nitrogen and oxygen atoms in total. The van der Waals surface area contributed by atoms with E-state index in [2.05, 4.69) is 22.4 Å². The maximum atomic E-state index is 14.0. The molecule has 1 aromatic carbocycles. The van der Waals surface area contributed by atoms with E-state index in [1.165, 1.54) is 33.3 Å². The molecular weight excluding hydrogens is 656 g/mol. The summed E-state index contributed by atoms with van der Waals surface area (Å²) in [5, 5.41) is 9.57. The average molecular weight is 703 g/mol. The van der Waals surface area contributed by atoms with Crippen molar-refractivity contribution in [2.24, 2.45) is 22.7 Å².